The van der Waals surface area contributed by atoms with Crippen LogP contribution in [-0.4, -0.2) is 19.7 Å². The third kappa shape index (κ3) is 2.48. The molecule has 0 aliphatic rings. The van der Waals surface area contributed by atoms with E-state index in [1.54, 1.807) is 22.3 Å². The van der Waals surface area contributed by atoms with Crippen molar-refractivity contribution in [2.75, 3.05) is 5.32 Å². The van der Waals surface area contributed by atoms with Crippen LogP contribution in [0.4, 0.5) is 5.69 Å². The molecule has 1 N–H and O–H groups in total. The van der Waals surface area contributed by atoms with Gasteiger partial charge in [-0.3, -0.25) is 0 Å². The molecule has 3 rings (SSSR count). The zero-order valence-electron chi connectivity index (χ0n) is 10.4. The van der Waals surface area contributed by atoms with E-state index in [0.29, 0.717) is 0 Å². The largest absolute Gasteiger partial charge is 0.374 e. The molecule has 96 valence electrons. The molecule has 0 saturated heterocycles. The van der Waals surface area contributed by atoms with Crippen molar-refractivity contribution in [1.82, 2.24) is 19.7 Å². The highest BCUT2D eigenvalue weighted by molar-refractivity contribution is 7.09. The Morgan fingerprint density at radius 2 is 2.21 bits per heavy atom. The number of nitrogens with zero attached hydrogens (tertiary/aromatic N) is 4. The summed E-state index contributed by atoms with van der Waals surface area (Å²) in [4.78, 5) is 8.31. The first-order valence-electron chi connectivity index (χ1n) is 5.94. The molecule has 0 aliphatic carbocycles. The summed E-state index contributed by atoms with van der Waals surface area (Å²) in [5.41, 5.74) is 1.99. The van der Waals surface area contributed by atoms with E-state index >= 15 is 0 Å². The molecule has 1 atom stereocenters. The van der Waals surface area contributed by atoms with Crippen LogP contribution < -0.4 is 5.32 Å². The molecular weight excluding hydrogens is 258 g/mol. The normalized spacial score (nSPS) is 12.3. The Labute approximate surface area is 115 Å². The van der Waals surface area contributed by atoms with E-state index in [0.717, 1.165) is 16.4 Å². The van der Waals surface area contributed by atoms with Gasteiger partial charge in [0.15, 0.2) is 0 Å². The molecule has 0 radical (unpaired) electrons. The van der Waals surface area contributed by atoms with Crippen molar-refractivity contribution in [3.8, 4) is 5.69 Å². The van der Waals surface area contributed by atoms with Gasteiger partial charge in [0, 0.05) is 11.6 Å². The van der Waals surface area contributed by atoms with Gasteiger partial charge in [-0.05, 0) is 19.1 Å². The minimum Gasteiger partial charge on any atom is -0.374 e. The lowest BCUT2D eigenvalue weighted by Gasteiger charge is -2.16. The van der Waals surface area contributed by atoms with E-state index in [2.05, 4.69) is 27.3 Å². The fourth-order valence-corrected chi connectivity index (χ4v) is 2.52. The summed E-state index contributed by atoms with van der Waals surface area (Å²) in [5, 5.41) is 10.7. The highest BCUT2D eigenvalue weighted by Gasteiger charge is 2.11. The summed E-state index contributed by atoms with van der Waals surface area (Å²) >= 11 is 1.65. The summed E-state index contributed by atoms with van der Waals surface area (Å²) in [7, 11) is 0. The molecule has 1 unspecified atom stereocenters. The van der Waals surface area contributed by atoms with Crippen LogP contribution in [0, 0.1) is 0 Å². The molecule has 3 aromatic rings. The molecule has 2 aromatic heterocycles. The topological polar surface area (TPSA) is 55.6 Å². The Morgan fingerprint density at radius 1 is 1.32 bits per heavy atom. The van der Waals surface area contributed by atoms with E-state index in [1.807, 2.05) is 35.8 Å². The maximum atomic E-state index is 4.33. The first-order chi connectivity index (χ1) is 9.34. The van der Waals surface area contributed by atoms with Crippen molar-refractivity contribution in [1.29, 1.82) is 0 Å². The van der Waals surface area contributed by atoms with Gasteiger partial charge in [0.2, 0.25) is 0 Å². The van der Waals surface area contributed by atoms with E-state index in [9.17, 15) is 0 Å². The monoisotopic (exact) mass is 271 g/mol. The smallest absolute Gasteiger partial charge is 0.138 e. The van der Waals surface area contributed by atoms with Crippen LogP contribution in [0.15, 0.2) is 48.5 Å². The van der Waals surface area contributed by atoms with Crippen LogP contribution in [0.2, 0.25) is 0 Å². The van der Waals surface area contributed by atoms with Crippen molar-refractivity contribution >= 4 is 17.0 Å². The fraction of sp³-hybridized carbons (Fsp3) is 0.154. The van der Waals surface area contributed by atoms with Crippen molar-refractivity contribution < 1.29 is 0 Å². The van der Waals surface area contributed by atoms with Gasteiger partial charge in [0.25, 0.3) is 0 Å². The number of thiazole rings is 1. The van der Waals surface area contributed by atoms with E-state index < -0.39 is 0 Å². The Bertz CT molecular complexity index is 633. The lowest BCUT2D eigenvalue weighted by molar-refractivity contribution is 0.846. The molecule has 0 fully saturated rings. The molecule has 0 bridgehead atoms. The summed E-state index contributed by atoms with van der Waals surface area (Å²) in [5.74, 6) is 0. The molecule has 5 nitrogen and oxygen atoms in total. The van der Waals surface area contributed by atoms with Crippen molar-refractivity contribution in [3.05, 3.63) is 53.5 Å². The van der Waals surface area contributed by atoms with E-state index in [-0.39, 0.29) is 6.04 Å². The number of anilines is 1. The molecule has 2 heterocycles. The van der Waals surface area contributed by atoms with Gasteiger partial charge in [0.05, 0.1) is 17.4 Å². The molecule has 19 heavy (non-hydrogen) atoms. The fourth-order valence-electron chi connectivity index (χ4n) is 1.87. The number of hydrogen-bond acceptors (Lipinski definition) is 5. The van der Waals surface area contributed by atoms with E-state index in [4.69, 9.17) is 0 Å². The van der Waals surface area contributed by atoms with Gasteiger partial charge in [-0.2, -0.15) is 5.10 Å². The second kappa shape index (κ2) is 5.19. The van der Waals surface area contributed by atoms with Crippen LogP contribution >= 0.6 is 11.3 Å². The lowest BCUT2D eigenvalue weighted by atomic mass is 10.2. The minimum atomic E-state index is 0.157. The van der Waals surface area contributed by atoms with Crippen molar-refractivity contribution in [3.63, 3.8) is 0 Å². The van der Waals surface area contributed by atoms with Crippen LogP contribution in [0.5, 0.6) is 0 Å². The summed E-state index contributed by atoms with van der Waals surface area (Å²) < 4.78 is 1.75. The molecule has 0 spiro atoms. The third-order valence-electron chi connectivity index (χ3n) is 2.76. The Kier molecular flexibility index (Phi) is 3.24. The molecule has 0 amide bonds. The molecule has 0 saturated carbocycles. The highest BCUT2D eigenvalue weighted by atomic mass is 32.1. The van der Waals surface area contributed by atoms with Gasteiger partial charge in [0.1, 0.15) is 17.7 Å². The van der Waals surface area contributed by atoms with Crippen LogP contribution in [0.25, 0.3) is 5.69 Å². The molecule has 6 heteroatoms. The molecule has 0 aliphatic heterocycles. The van der Waals surface area contributed by atoms with Gasteiger partial charge in [-0.25, -0.2) is 14.6 Å². The number of para-hydroxylation sites is 2. The molecular formula is C13H13N5S. The third-order valence-corrected chi connectivity index (χ3v) is 3.72. The van der Waals surface area contributed by atoms with Gasteiger partial charge in [-0.1, -0.05) is 12.1 Å². The van der Waals surface area contributed by atoms with Crippen LogP contribution in [-0.2, 0) is 0 Å². The summed E-state index contributed by atoms with van der Waals surface area (Å²) in [6, 6.07) is 8.17. The number of hydrogen-bond donors (Lipinski definition) is 1. The maximum absolute atomic E-state index is 4.33. The first-order valence-corrected chi connectivity index (χ1v) is 6.82. The SMILES string of the molecule is CC(Nc1ccccc1-n1cncn1)c1nccs1. The predicted molar refractivity (Wildman–Crippen MR) is 75.5 cm³/mol. The van der Waals surface area contributed by atoms with Gasteiger partial charge in [-0.15, -0.1) is 11.3 Å². The lowest BCUT2D eigenvalue weighted by Crippen LogP contribution is -2.09. The van der Waals surface area contributed by atoms with Gasteiger partial charge < -0.3 is 5.32 Å². The number of nitrogens with one attached hydrogen (secondary N) is 1. The zero-order chi connectivity index (χ0) is 13.1. The van der Waals surface area contributed by atoms with Crippen molar-refractivity contribution in [2.45, 2.75) is 13.0 Å². The second-order valence-electron chi connectivity index (χ2n) is 4.09. The Hall–Kier alpha value is -2.21. The second-order valence-corrected chi connectivity index (χ2v) is 5.02. The average Bonchev–Trinajstić information content (AvgIpc) is 3.13. The Morgan fingerprint density at radius 3 is 2.95 bits per heavy atom. The molecule has 1 aromatic carbocycles. The highest BCUT2D eigenvalue weighted by Crippen LogP contribution is 2.25. The van der Waals surface area contributed by atoms with Crippen molar-refractivity contribution in [2.24, 2.45) is 0 Å². The summed E-state index contributed by atoms with van der Waals surface area (Å²) in [6.07, 6.45) is 5.04. The van der Waals surface area contributed by atoms with E-state index in [1.165, 1.54) is 6.33 Å². The quantitative estimate of drug-likeness (QED) is 0.792. The maximum Gasteiger partial charge on any atom is 0.138 e. The first kappa shape index (κ1) is 11.9. The zero-order valence-corrected chi connectivity index (χ0v) is 11.2. The predicted octanol–water partition coefficient (Wildman–Crippen LogP) is 2.90. The number of aromatic nitrogens is 4. The Balaban J connectivity index is 1.89. The number of benzene rings is 1. The average molecular weight is 271 g/mol. The number of rotatable bonds is 4. The van der Waals surface area contributed by atoms with Crippen LogP contribution in [0.1, 0.15) is 18.0 Å². The van der Waals surface area contributed by atoms with Crippen LogP contribution in [0.3, 0.4) is 0 Å². The minimum absolute atomic E-state index is 0.157. The van der Waals surface area contributed by atoms with Gasteiger partial charge >= 0.3 is 0 Å². The summed E-state index contributed by atoms with van der Waals surface area (Å²) in [6.45, 7) is 2.09. The standard InChI is InChI=1S/C13H13N5S/c1-10(13-15-6-7-19-13)17-11-4-2-3-5-12(11)18-9-14-8-16-18/h2-10,17H,1H3.